The molecular weight excluding hydrogens is 442 g/mol. The minimum atomic E-state index is -0.298. The molecule has 1 fully saturated rings. The molecule has 3 aromatic rings. The summed E-state index contributed by atoms with van der Waals surface area (Å²) in [7, 11) is 0. The normalized spacial score (nSPS) is 17.4. The van der Waals surface area contributed by atoms with Crippen molar-refractivity contribution in [2.45, 2.75) is 25.5 Å². The Bertz CT molecular complexity index is 1340. The van der Waals surface area contributed by atoms with E-state index in [2.05, 4.69) is 10.2 Å². The zero-order valence-corrected chi connectivity index (χ0v) is 19.2. The lowest BCUT2D eigenvalue weighted by molar-refractivity contribution is -0.117. The van der Waals surface area contributed by atoms with E-state index in [-0.39, 0.29) is 30.4 Å². The van der Waals surface area contributed by atoms with Gasteiger partial charge < -0.3 is 10.1 Å². The summed E-state index contributed by atoms with van der Waals surface area (Å²) in [5.41, 5.74) is 5.74. The van der Waals surface area contributed by atoms with E-state index >= 15 is 0 Å². The van der Waals surface area contributed by atoms with Gasteiger partial charge in [-0.15, -0.1) is 0 Å². The lowest BCUT2D eigenvalue weighted by Crippen LogP contribution is -2.50. The second-order valence-electron chi connectivity index (χ2n) is 9.24. The smallest absolute Gasteiger partial charge is 0.414 e. The Kier molecular flexibility index (Phi) is 5.34. The van der Waals surface area contributed by atoms with Crippen LogP contribution in [0.15, 0.2) is 66.7 Å². The number of piperidine rings is 1. The van der Waals surface area contributed by atoms with Crippen LogP contribution in [-0.2, 0) is 16.1 Å². The number of ether oxygens (including phenoxy) is 1. The maximum atomic E-state index is 12.8. The van der Waals surface area contributed by atoms with Crippen LogP contribution in [0, 0.1) is 0 Å². The predicted molar refractivity (Wildman–Crippen MR) is 133 cm³/mol. The van der Waals surface area contributed by atoms with Crippen molar-refractivity contribution < 1.29 is 19.1 Å². The van der Waals surface area contributed by atoms with Crippen molar-refractivity contribution in [2.75, 3.05) is 29.9 Å². The first-order chi connectivity index (χ1) is 17.1. The number of para-hydroxylation sites is 1. The highest BCUT2D eigenvalue weighted by atomic mass is 16.6. The van der Waals surface area contributed by atoms with Gasteiger partial charge in [0.2, 0.25) is 5.91 Å². The Balaban J connectivity index is 1.07. The van der Waals surface area contributed by atoms with Crippen LogP contribution in [0.5, 0.6) is 0 Å². The second-order valence-corrected chi connectivity index (χ2v) is 9.24. The van der Waals surface area contributed by atoms with E-state index in [4.69, 9.17) is 4.74 Å². The van der Waals surface area contributed by atoms with Crippen LogP contribution in [0.3, 0.4) is 0 Å². The first kappa shape index (κ1) is 21.6. The van der Waals surface area contributed by atoms with E-state index in [1.54, 1.807) is 11.0 Å². The third kappa shape index (κ3) is 3.88. The molecule has 0 unspecified atom stereocenters. The Morgan fingerprint density at radius 1 is 0.886 bits per heavy atom. The Hall–Kier alpha value is -3.97. The van der Waals surface area contributed by atoms with Crippen molar-refractivity contribution >= 4 is 29.2 Å². The summed E-state index contributed by atoms with van der Waals surface area (Å²) in [6, 6.07) is 21.0. The third-order valence-corrected chi connectivity index (χ3v) is 7.10. The second kappa shape index (κ2) is 8.67. The number of amides is 2. The molecule has 2 heterocycles. The van der Waals surface area contributed by atoms with Gasteiger partial charge in [0.1, 0.15) is 6.61 Å². The molecule has 0 atom stereocenters. The number of cyclic esters (lactones) is 1. The van der Waals surface area contributed by atoms with Gasteiger partial charge in [0, 0.05) is 41.5 Å². The van der Waals surface area contributed by atoms with Gasteiger partial charge in [0.15, 0.2) is 5.78 Å². The maximum Gasteiger partial charge on any atom is 0.414 e. The zero-order valence-electron chi connectivity index (χ0n) is 19.2. The van der Waals surface area contributed by atoms with E-state index in [0.29, 0.717) is 36.5 Å². The number of rotatable bonds is 4. The molecule has 2 amide bonds. The summed E-state index contributed by atoms with van der Waals surface area (Å²) < 4.78 is 5.37. The molecule has 3 aromatic carbocycles. The first-order valence-electron chi connectivity index (χ1n) is 11.9. The van der Waals surface area contributed by atoms with Crippen molar-refractivity contribution in [3.63, 3.8) is 0 Å². The van der Waals surface area contributed by atoms with E-state index in [9.17, 15) is 14.4 Å². The molecule has 176 valence electrons. The number of fused-ring (bicyclic) bond motifs is 4. The number of likely N-dealkylation sites (tertiary alicyclic amines) is 1. The highest BCUT2D eigenvalue weighted by Gasteiger charge is 2.34. The lowest BCUT2D eigenvalue weighted by Gasteiger charge is -2.40. The zero-order chi connectivity index (χ0) is 23.9. The highest BCUT2D eigenvalue weighted by molar-refractivity contribution is 6.22. The summed E-state index contributed by atoms with van der Waals surface area (Å²) >= 11 is 0. The average molecular weight is 468 g/mol. The Morgan fingerprint density at radius 3 is 2.43 bits per heavy atom. The molecule has 0 spiro atoms. The van der Waals surface area contributed by atoms with Crippen LogP contribution in [0.1, 0.15) is 34.3 Å². The summed E-state index contributed by atoms with van der Waals surface area (Å²) in [5, 5.41) is 2.94. The summed E-state index contributed by atoms with van der Waals surface area (Å²) in [6.07, 6.45) is 1.23. The number of carbonyl (C=O) groups excluding carboxylic acids is 3. The molecule has 0 radical (unpaired) electrons. The van der Waals surface area contributed by atoms with Crippen molar-refractivity contribution in [1.82, 2.24) is 4.90 Å². The number of nitrogens with one attached hydrogen (secondary N) is 1. The summed E-state index contributed by atoms with van der Waals surface area (Å²) in [5.74, 6) is -0.124. The van der Waals surface area contributed by atoms with E-state index in [1.165, 1.54) is 0 Å². The average Bonchev–Trinajstić information content (AvgIpc) is 3.16. The van der Waals surface area contributed by atoms with E-state index in [0.717, 1.165) is 35.2 Å². The molecule has 0 saturated carbocycles. The van der Waals surface area contributed by atoms with Crippen LogP contribution in [0.2, 0.25) is 0 Å². The summed E-state index contributed by atoms with van der Waals surface area (Å²) in [4.78, 5) is 41.9. The molecule has 1 aliphatic carbocycles. The van der Waals surface area contributed by atoms with E-state index < -0.39 is 0 Å². The van der Waals surface area contributed by atoms with Gasteiger partial charge in [0.25, 0.3) is 0 Å². The Labute approximate surface area is 203 Å². The molecule has 7 heteroatoms. The van der Waals surface area contributed by atoms with Gasteiger partial charge in [-0.25, -0.2) is 4.79 Å². The van der Waals surface area contributed by atoms with E-state index in [1.807, 2.05) is 60.7 Å². The highest BCUT2D eigenvalue weighted by Crippen LogP contribution is 2.37. The molecule has 2 aliphatic heterocycles. The monoisotopic (exact) mass is 467 g/mol. The van der Waals surface area contributed by atoms with Crippen LogP contribution < -0.4 is 10.2 Å². The molecule has 3 aliphatic rings. The van der Waals surface area contributed by atoms with Gasteiger partial charge in [-0.1, -0.05) is 48.5 Å². The molecule has 1 N–H and O–H groups in total. The molecule has 0 aromatic heterocycles. The van der Waals surface area contributed by atoms with Crippen LogP contribution >= 0.6 is 0 Å². The van der Waals surface area contributed by atoms with Crippen molar-refractivity contribution in [3.05, 3.63) is 83.4 Å². The standard InChI is InChI=1S/C28H25N3O4/c32-26(29-19-9-10-22-21-6-2-3-7-23(21)27(33)24(22)15-19)16-30-13-11-20(12-14-30)31-25-8-4-1-5-18(25)17-35-28(31)34/h1-10,15,20H,11-14,16-17H2,(H,29,32). The Morgan fingerprint density at radius 2 is 1.60 bits per heavy atom. The molecule has 1 saturated heterocycles. The minimum absolute atomic E-state index is 0.00779. The minimum Gasteiger partial charge on any atom is -0.444 e. The number of anilines is 2. The van der Waals surface area contributed by atoms with Crippen molar-refractivity contribution in [2.24, 2.45) is 0 Å². The van der Waals surface area contributed by atoms with Crippen LogP contribution in [0.25, 0.3) is 11.1 Å². The van der Waals surface area contributed by atoms with Gasteiger partial charge in [-0.05, 0) is 42.2 Å². The number of hydrogen-bond acceptors (Lipinski definition) is 5. The number of ketones is 1. The number of nitrogens with zero attached hydrogens (tertiary/aromatic N) is 2. The fourth-order valence-electron chi connectivity index (χ4n) is 5.37. The number of carbonyl (C=O) groups is 3. The van der Waals surface area contributed by atoms with Gasteiger partial charge >= 0.3 is 6.09 Å². The van der Waals surface area contributed by atoms with Gasteiger partial charge in [-0.3, -0.25) is 19.4 Å². The fraction of sp³-hybridized carbons (Fsp3) is 0.250. The maximum absolute atomic E-state index is 12.8. The van der Waals surface area contributed by atoms with Crippen molar-refractivity contribution in [1.29, 1.82) is 0 Å². The molecule has 6 rings (SSSR count). The largest absolute Gasteiger partial charge is 0.444 e. The SMILES string of the molecule is O=C(CN1CCC(N2C(=O)OCc3ccccc32)CC1)Nc1ccc2c(c1)C(=O)c1ccccc1-2. The molecular formula is C28H25N3O4. The lowest BCUT2D eigenvalue weighted by atomic mass is 10.0. The molecule has 0 bridgehead atoms. The van der Waals surface area contributed by atoms with Crippen LogP contribution in [0.4, 0.5) is 16.2 Å². The third-order valence-electron chi connectivity index (χ3n) is 7.10. The number of benzene rings is 3. The fourth-order valence-corrected chi connectivity index (χ4v) is 5.37. The number of hydrogen-bond donors (Lipinski definition) is 1. The van der Waals surface area contributed by atoms with Gasteiger partial charge in [0.05, 0.1) is 12.2 Å². The quantitative estimate of drug-likeness (QED) is 0.480. The van der Waals surface area contributed by atoms with Crippen LogP contribution in [-0.4, -0.2) is 48.4 Å². The summed E-state index contributed by atoms with van der Waals surface area (Å²) in [6.45, 7) is 1.99. The topological polar surface area (TPSA) is 79.0 Å². The predicted octanol–water partition coefficient (Wildman–Crippen LogP) is 4.46. The van der Waals surface area contributed by atoms with Crippen molar-refractivity contribution in [3.8, 4) is 11.1 Å². The molecule has 35 heavy (non-hydrogen) atoms. The van der Waals surface area contributed by atoms with Gasteiger partial charge in [-0.2, -0.15) is 0 Å². The molecule has 7 nitrogen and oxygen atoms in total. The first-order valence-corrected chi connectivity index (χ1v) is 11.9.